The van der Waals surface area contributed by atoms with Crippen LogP contribution in [0.2, 0.25) is 0 Å². The molecule has 0 aromatic heterocycles. The zero-order valence-corrected chi connectivity index (χ0v) is 23.1. The Bertz CT molecular complexity index is 209. The summed E-state index contributed by atoms with van der Waals surface area (Å²) in [6.07, 6.45) is 28.2. The minimum Gasteiger partial charge on any atom is -1.00 e. The number of ether oxygens (including phenoxy) is 1. The molecule has 0 rings (SSSR count). The topological polar surface area (TPSA) is 9.23 Å². The van der Waals surface area contributed by atoms with Gasteiger partial charge in [-0.3, -0.25) is 0 Å². The number of rotatable bonds is 22. The van der Waals surface area contributed by atoms with Gasteiger partial charge in [-0.05, 0) is 12.8 Å². The second-order valence-electron chi connectivity index (χ2n) is 7.98. The molecule has 0 N–H and O–H groups in total. The molecule has 28 heavy (non-hydrogen) atoms. The maximum Gasteiger partial charge on any atom is 2.00 e. The maximum atomic E-state index is 5.78. The molecule has 0 unspecified atom stereocenters. The van der Waals surface area contributed by atoms with Crippen molar-refractivity contribution in [3.05, 3.63) is 0 Å². The van der Waals surface area contributed by atoms with Crippen LogP contribution in [0.15, 0.2) is 0 Å². The molecule has 0 spiro atoms. The summed E-state index contributed by atoms with van der Waals surface area (Å²) in [5, 5.41) is 0. The van der Waals surface area contributed by atoms with Gasteiger partial charge < -0.3 is 29.6 Å². The summed E-state index contributed by atoms with van der Waals surface area (Å²) in [6, 6.07) is 0. The van der Waals surface area contributed by atoms with E-state index in [9.17, 15) is 0 Å². The quantitative estimate of drug-likeness (QED) is 0.176. The van der Waals surface area contributed by atoms with Crippen molar-refractivity contribution in [2.75, 3.05) is 13.2 Å². The number of hydrogen-bond acceptors (Lipinski definition) is 1. The van der Waals surface area contributed by atoms with Crippen molar-refractivity contribution < 1.29 is 29.6 Å². The monoisotopic (exact) mass is 464 g/mol. The molecule has 0 aromatic rings. The molecule has 4 heteroatoms. The fourth-order valence-corrected chi connectivity index (χ4v) is 3.49. The number of hydrogen-bond donors (Lipinski definition) is 0. The zero-order valence-electron chi connectivity index (χ0n) is 19.4. The van der Waals surface area contributed by atoms with E-state index in [2.05, 4.69) is 13.8 Å². The molecule has 0 fully saturated rings. The molecule has 0 heterocycles. The molecule has 0 aromatic carbocycles. The Balaban J connectivity index is -0.000000960. The SMILES string of the molecule is CCCCCCCCCCCCOCCCCCCCCCCCC.[Ca+2].[Cl-].[Cl-]. The van der Waals surface area contributed by atoms with Gasteiger partial charge >= 0.3 is 37.7 Å². The van der Waals surface area contributed by atoms with E-state index in [4.69, 9.17) is 4.74 Å². The van der Waals surface area contributed by atoms with Gasteiger partial charge in [0.2, 0.25) is 0 Å². The van der Waals surface area contributed by atoms with Crippen molar-refractivity contribution in [2.24, 2.45) is 0 Å². The molecule has 1 nitrogen and oxygen atoms in total. The van der Waals surface area contributed by atoms with Gasteiger partial charge in [0.15, 0.2) is 0 Å². The first kappa shape index (κ1) is 37.1. The summed E-state index contributed by atoms with van der Waals surface area (Å²) in [5.41, 5.74) is 0. The summed E-state index contributed by atoms with van der Waals surface area (Å²) < 4.78 is 5.78. The van der Waals surface area contributed by atoms with Crippen molar-refractivity contribution in [3.8, 4) is 0 Å². The van der Waals surface area contributed by atoms with E-state index in [0.717, 1.165) is 13.2 Å². The first-order valence-electron chi connectivity index (χ1n) is 12.0. The van der Waals surface area contributed by atoms with Crippen LogP contribution in [0.1, 0.15) is 142 Å². The standard InChI is InChI=1S/C24H50O.Ca.2ClH/c1-3-5-7-9-11-13-15-17-19-21-23-25-24-22-20-18-16-14-12-10-8-6-4-2;;;/h3-24H2,1-2H3;;2*1H/q;+2;;/p-2. The molecule has 0 saturated carbocycles. The minimum atomic E-state index is 0. The van der Waals surface area contributed by atoms with E-state index < -0.39 is 0 Å². The van der Waals surface area contributed by atoms with Crippen LogP contribution < -0.4 is 24.8 Å². The van der Waals surface area contributed by atoms with Crippen molar-refractivity contribution in [3.63, 3.8) is 0 Å². The Morgan fingerprint density at radius 1 is 0.357 bits per heavy atom. The van der Waals surface area contributed by atoms with Gasteiger partial charge in [-0.2, -0.15) is 0 Å². The fraction of sp³-hybridized carbons (Fsp3) is 1.00. The van der Waals surface area contributed by atoms with E-state index in [1.54, 1.807) is 0 Å². The molecule has 168 valence electrons. The zero-order chi connectivity index (χ0) is 18.3. The Morgan fingerprint density at radius 2 is 0.571 bits per heavy atom. The van der Waals surface area contributed by atoms with Crippen LogP contribution >= 0.6 is 0 Å². The molecular weight excluding hydrogens is 415 g/mol. The fourth-order valence-electron chi connectivity index (χ4n) is 3.49. The summed E-state index contributed by atoms with van der Waals surface area (Å²) in [7, 11) is 0. The van der Waals surface area contributed by atoms with Crippen LogP contribution in [-0.4, -0.2) is 51.0 Å². The minimum absolute atomic E-state index is 0. The van der Waals surface area contributed by atoms with Crippen molar-refractivity contribution >= 4 is 37.7 Å². The third-order valence-corrected chi connectivity index (χ3v) is 5.28. The van der Waals surface area contributed by atoms with Gasteiger partial charge in [0, 0.05) is 13.2 Å². The number of halogens is 2. The molecule has 0 amide bonds. The molecule has 0 bridgehead atoms. The third kappa shape index (κ3) is 35.2. The van der Waals surface area contributed by atoms with E-state index in [0.29, 0.717) is 0 Å². The first-order valence-corrected chi connectivity index (χ1v) is 12.0. The van der Waals surface area contributed by atoms with E-state index in [-0.39, 0.29) is 62.6 Å². The van der Waals surface area contributed by atoms with E-state index in [1.165, 1.54) is 128 Å². The van der Waals surface area contributed by atoms with Crippen LogP contribution in [0.5, 0.6) is 0 Å². The van der Waals surface area contributed by atoms with Crippen LogP contribution in [-0.2, 0) is 4.74 Å². The predicted octanol–water partition coefficient (Wildman–Crippen LogP) is 2.47. The molecule has 0 radical (unpaired) electrons. The van der Waals surface area contributed by atoms with Gasteiger partial charge in [-0.15, -0.1) is 0 Å². The molecular formula is C24H50CaCl2O. The van der Waals surface area contributed by atoms with Crippen molar-refractivity contribution in [2.45, 2.75) is 142 Å². The number of unbranched alkanes of at least 4 members (excludes halogenated alkanes) is 18. The summed E-state index contributed by atoms with van der Waals surface area (Å²) in [6.45, 7) is 6.57. The smallest absolute Gasteiger partial charge is 1.00 e. The van der Waals surface area contributed by atoms with Crippen molar-refractivity contribution in [1.82, 2.24) is 0 Å². The van der Waals surface area contributed by atoms with Crippen LogP contribution in [0.4, 0.5) is 0 Å². The summed E-state index contributed by atoms with van der Waals surface area (Å²) in [4.78, 5) is 0. The molecule has 0 aliphatic heterocycles. The van der Waals surface area contributed by atoms with Crippen molar-refractivity contribution in [1.29, 1.82) is 0 Å². The summed E-state index contributed by atoms with van der Waals surface area (Å²) in [5.74, 6) is 0. The predicted molar refractivity (Wildman–Crippen MR) is 120 cm³/mol. The average Bonchev–Trinajstić information content (AvgIpc) is 2.63. The summed E-state index contributed by atoms with van der Waals surface area (Å²) >= 11 is 0. The second-order valence-corrected chi connectivity index (χ2v) is 7.98. The maximum absolute atomic E-state index is 5.78. The van der Waals surface area contributed by atoms with E-state index in [1.807, 2.05) is 0 Å². The molecule has 0 atom stereocenters. The van der Waals surface area contributed by atoms with Gasteiger partial charge in [0.05, 0.1) is 0 Å². The van der Waals surface area contributed by atoms with Crippen LogP contribution in [0, 0.1) is 0 Å². The van der Waals surface area contributed by atoms with Crippen LogP contribution in [0.25, 0.3) is 0 Å². The Labute approximate surface area is 221 Å². The van der Waals surface area contributed by atoms with Gasteiger partial charge in [-0.25, -0.2) is 0 Å². The van der Waals surface area contributed by atoms with Gasteiger partial charge in [0.1, 0.15) is 0 Å². The molecule has 0 aliphatic rings. The normalized spacial score (nSPS) is 10.1. The molecule has 0 aliphatic carbocycles. The average molecular weight is 466 g/mol. The Kier molecular flexibility index (Phi) is 48.0. The second kappa shape index (κ2) is 36.2. The van der Waals surface area contributed by atoms with E-state index >= 15 is 0 Å². The molecule has 0 saturated heterocycles. The first-order chi connectivity index (χ1) is 12.4. The Morgan fingerprint density at radius 3 is 0.821 bits per heavy atom. The van der Waals surface area contributed by atoms with Gasteiger partial charge in [0.25, 0.3) is 0 Å². The van der Waals surface area contributed by atoms with Gasteiger partial charge in [-0.1, -0.05) is 129 Å². The third-order valence-electron chi connectivity index (χ3n) is 5.28. The van der Waals surface area contributed by atoms with Crippen LogP contribution in [0.3, 0.4) is 0 Å². The Hall–Kier alpha value is 1.80. The largest absolute Gasteiger partial charge is 2.00 e.